The first-order valence-corrected chi connectivity index (χ1v) is 11.5. The molecule has 2 amide bonds. The quantitative estimate of drug-likeness (QED) is 0.529. The summed E-state index contributed by atoms with van der Waals surface area (Å²) in [4.78, 5) is 28.7. The van der Waals surface area contributed by atoms with Gasteiger partial charge in [-0.3, -0.25) is 14.5 Å². The second-order valence-electron chi connectivity index (χ2n) is 7.66. The van der Waals surface area contributed by atoms with E-state index in [1.165, 1.54) is 23.9 Å². The molecule has 0 atom stereocenters. The fraction of sp³-hybridized carbons (Fsp3) is 0.318. The number of thioether (sulfide) groups is 1. The van der Waals surface area contributed by atoms with Gasteiger partial charge < -0.3 is 10.2 Å². The van der Waals surface area contributed by atoms with Gasteiger partial charge >= 0.3 is 0 Å². The number of anilines is 1. The first kappa shape index (κ1) is 22.9. The van der Waals surface area contributed by atoms with Crippen LogP contribution >= 0.6 is 11.8 Å². The molecule has 1 fully saturated rings. The Hall–Kier alpha value is -3.31. The zero-order valence-corrected chi connectivity index (χ0v) is 19.0. The monoisotopic (exact) mass is 469 g/mol. The van der Waals surface area contributed by atoms with Gasteiger partial charge in [-0.05, 0) is 47.2 Å². The molecule has 1 N–H and O–H groups in total. The fourth-order valence-electron chi connectivity index (χ4n) is 3.56. The first-order chi connectivity index (χ1) is 16.0. The third-order valence-corrected chi connectivity index (χ3v) is 6.21. The van der Waals surface area contributed by atoms with E-state index in [1.807, 2.05) is 36.1 Å². The molecule has 4 rings (SSSR count). The third-order valence-electron chi connectivity index (χ3n) is 5.31. The lowest BCUT2D eigenvalue weighted by molar-refractivity contribution is -0.130. The smallest absolute Gasteiger partial charge is 0.238 e. The fourth-order valence-corrected chi connectivity index (χ4v) is 4.35. The van der Waals surface area contributed by atoms with E-state index in [2.05, 4.69) is 20.8 Å². The molecule has 1 aliphatic rings. The van der Waals surface area contributed by atoms with Crippen molar-refractivity contribution >= 4 is 29.3 Å². The third kappa shape index (κ3) is 5.93. The molecule has 1 saturated heterocycles. The van der Waals surface area contributed by atoms with Gasteiger partial charge in [0.05, 0.1) is 18.0 Å². The molecule has 172 valence electrons. The molecule has 0 spiro atoms. The van der Waals surface area contributed by atoms with Crippen molar-refractivity contribution in [2.24, 2.45) is 0 Å². The van der Waals surface area contributed by atoms with E-state index in [9.17, 15) is 14.0 Å². The highest BCUT2D eigenvalue weighted by Crippen LogP contribution is 2.21. The molecule has 0 saturated carbocycles. The molecule has 2 aromatic carbocycles. The molecule has 1 aliphatic heterocycles. The maximum atomic E-state index is 13.3. The number of nitrogens with one attached hydrogen (secondary N) is 1. The summed E-state index contributed by atoms with van der Waals surface area (Å²) >= 11 is 1.30. The Morgan fingerprint density at radius 2 is 1.88 bits per heavy atom. The second kappa shape index (κ2) is 10.5. The van der Waals surface area contributed by atoms with Crippen molar-refractivity contribution in [1.82, 2.24) is 30.0 Å². The van der Waals surface area contributed by atoms with E-state index in [0.717, 1.165) is 11.3 Å². The van der Waals surface area contributed by atoms with E-state index in [1.54, 1.807) is 21.7 Å². The molecular weight excluding hydrogens is 445 g/mol. The number of aromatic nitrogens is 4. The van der Waals surface area contributed by atoms with Crippen LogP contribution in [0.4, 0.5) is 10.1 Å². The zero-order chi connectivity index (χ0) is 23.2. The van der Waals surface area contributed by atoms with E-state index >= 15 is 0 Å². The normalized spacial score (nSPS) is 14.3. The highest BCUT2D eigenvalue weighted by Gasteiger charge is 2.23. The van der Waals surface area contributed by atoms with Gasteiger partial charge in [0.25, 0.3) is 0 Å². The minimum atomic E-state index is -0.397. The topological polar surface area (TPSA) is 96.2 Å². The summed E-state index contributed by atoms with van der Waals surface area (Å²) in [5, 5.41) is 15.1. The van der Waals surface area contributed by atoms with Crippen LogP contribution in [-0.2, 0) is 9.59 Å². The summed E-state index contributed by atoms with van der Waals surface area (Å²) < 4.78 is 14.9. The number of hydrogen-bond acceptors (Lipinski definition) is 7. The number of para-hydroxylation sites is 1. The van der Waals surface area contributed by atoms with Crippen molar-refractivity contribution in [3.8, 4) is 5.69 Å². The van der Waals surface area contributed by atoms with E-state index in [4.69, 9.17) is 0 Å². The Labute approximate surface area is 194 Å². The van der Waals surface area contributed by atoms with Gasteiger partial charge in [-0.25, -0.2) is 4.39 Å². The minimum Gasteiger partial charge on any atom is -0.339 e. The van der Waals surface area contributed by atoms with Crippen molar-refractivity contribution in [2.75, 3.05) is 43.8 Å². The molecule has 0 unspecified atom stereocenters. The van der Waals surface area contributed by atoms with Crippen LogP contribution in [0.3, 0.4) is 0 Å². The predicted octanol–water partition coefficient (Wildman–Crippen LogP) is 1.98. The second-order valence-corrected chi connectivity index (χ2v) is 8.61. The molecule has 0 bridgehead atoms. The predicted molar refractivity (Wildman–Crippen MR) is 123 cm³/mol. The van der Waals surface area contributed by atoms with Crippen molar-refractivity contribution in [2.45, 2.75) is 12.1 Å². The molecule has 0 aliphatic carbocycles. The van der Waals surface area contributed by atoms with Crippen molar-refractivity contribution in [1.29, 1.82) is 0 Å². The Morgan fingerprint density at radius 3 is 2.64 bits per heavy atom. The number of nitrogens with zero attached hydrogens (tertiary/aromatic N) is 6. The maximum absolute atomic E-state index is 13.3. The van der Waals surface area contributed by atoms with Gasteiger partial charge in [-0.1, -0.05) is 36.0 Å². The molecule has 11 heteroatoms. The number of carbonyl (C=O) groups excluding carboxylic acids is 2. The lowest BCUT2D eigenvalue weighted by atomic mass is 10.2. The Balaban J connectivity index is 1.24. The van der Waals surface area contributed by atoms with Crippen LogP contribution in [0.1, 0.15) is 5.56 Å². The van der Waals surface area contributed by atoms with Gasteiger partial charge in [0, 0.05) is 31.9 Å². The summed E-state index contributed by atoms with van der Waals surface area (Å²) in [6.45, 7) is 4.43. The maximum Gasteiger partial charge on any atom is 0.238 e. The highest BCUT2D eigenvalue weighted by atomic mass is 32.2. The largest absolute Gasteiger partial charge is 0.339 e. The minimum absolute atomic E-state index is 0.00296. The van der Waals surface area contributed by atoms with Crippen LogP contribution in [0.2, 0.25) is 0 Å². The molecule has 0 radical (unpaired) electrons. The zero-order valence-electron chi connectivity index (χ0n) is 18.1. The molecule has 33 heavy (non-hydrogen) atoms. The molecule has 2 heterocycles. The van der Waals surface area contributed by atoms with Gasteiger partial charge in [0.2, 0.25) is 17.0 Å². The summed E-state index contributed by atoms with van der Waals surface area (Å²) in [6.07, 6.45) is 0. The van der Waals surface area contributed by atoms with Gasteiger partial charge in [-0.15, -0.1) is 5.10 Å². The molecular formula is C22H24FN7O2S. The lowest BCUT2D eigenvalue weighted by Crippen LogP contribution is -2.50. The average molecular weight is 470 g/mol. The van der Waals surface area contributed by atoms with Crippen LogP contribution in [0.25, 0.3) is 5.69 Å². The van der Waals surface area contributed by atoms with Crippen LogP contribution in [-0.4, -0.2) is 80.3 Å². The standard InChI is InChI=1S/C22H24FN7O2S/c1-16-5-2-3-8-19(16)30-22(25-26-27-30)33-15-21(32)29-11-9-28(10-12-29)14-20(31)24-18-7-4-6-17(23)13-18/h2-8,13H,9-12,14-15H2,1H3,(H,24,31). The average Bonchev–Trinajstić information content (AvgIpc) is 3.26. The van der Waals surface area contributed by atoms with E-state index in [-0.39, 0.29) is 24.1 Å². The number of halogens is 1. The molecule has 1 aromatic heterocycles. The van der Waals surface area contributed by atoms with Gasteiger partial charge in [0.1, 0.15) is 5.82 Å². The number of hydrogen-bond donors (Lipinski definition) is 1. The van der Waals surface area contributed by atoms with Gasteiger partial charge in [-0.2, -0.15) is 4.68 Å². The van der Waals surface area contributed by atoms with Crippen molar-refractivity contribution in [3.63, 3.8) is 0 Å². The van der Waals surface area contributed by atoms with Crippen molar-refractivity contribution < 1.29 is 14.0 Å². The Bertz CT molecular complexity index is 1130. The van der Waals surface area contributed by atoms with E-state index < -0.39 is 5.82 Å². The Kier molecular flexibility index (Phi) is 7.30. The van der Waals surface area contributed by atoms with Crippen LogP contribution in [0.5, 0.6) is 0 Å². The summed E-state index contributed by atoms with van der Waals surface area (Å²) in [6, 6.07) is 13.6. The number of rotatable bonds is 7. The molecule has 3 aromatic rings. The van der Waals surface area contributed by atoms with Crippen LogP contribution in [0.15, 0.2) is 53.7 Å². The number of piperazine rings is 1. The molecule has 9 nitrogen and oxygen atoms in total. The highest BCUT2D eigenvalue weighted by molar-refractivity contribution is 7.99. The number of amides is 2. The first-order valence-electron chi connectivity index (χ1n) is 10.5. The van der Waals surface area contributed by atoms with Crippen LogP contribution < -0.4 is 5.32 Å². The SMILES string of the molecule is Cc1ccccc1-n1nnnc1SCC(=O)N1CCN(CC(=O)Nc2cccc(F)c2)CC1. The van der Waals surface area contributed by atoms with Gasteiger partial charge in [0.15, 0.2) is 0 Å². The number of tetrazole rings is 1. The Morgan fingerprint density at radius 1 is 1.09 bits per heavy atom. The number of benzene rings is 2. The summed E-state index contributed by atoms with van der Waals surface area (Å²) in [5.41, 5.74) is 2.34. The number of carbonyl (C=O) groups is 2. The number of aryl methyl sites for hydroxylation is 1. The summed E-state index contributed by atoms with van der Waals surface area (Å²) in [5.74, 6) is -0.375. The lowest BCUT2D eigenvalue weighted by Gasteiger charge is -2.34. The van der Waals surface area contributed by atoms with Crippen molar-refractivity contribution in [3.05, 3.63) is 59.9 Å². The van der Waals surface area contributed by atoms with E-state index in [0.29, 0.717) is 37.0 Å². The summed E-state index contributed by atoms with van der Waals surface area (Å²) in [7, 11) is 0. The van der Waals surface area contributed by atoms with Crippen LogP contribution in [0, 0.1) is 12.7 Å².